The summed E-state index contributed by atoms with van der Waals surface area (Å²) in [6.45, 7) is 6.66. The third-order valence-electron chi connectivity index (χ3n) is 13.2. The molecular weight excluding hydrogens is 817 g/mol. The summed E-state index contributed by atoms with van der Waals surface area (Å²) in [5.41, 5.74) is 0. The predicted molar refractivity (Wildman–Crippen MR) is 284 cm³/mol. The van der Waals surface area contributed by atoms with Crippen molar-refractivity contribution in [2.75, 3.05) is 13.2 Å². The van der Waals surface area contributed by atoms with E-state index < -0.39 is 6.10 Å². The minimum atomic E-state index is -0.767. The van der Waals surface area contributed by atoms with Crippen molar-refractivity contribution >= 4 is 17.9 Å². The van der Waals surface area contributed by atoms with Crippen LogP contribution in [0, 0.1) is 0 Å². The second kappa shape index (κ2) is 55.5. The Morgan fingerprint density at radius 3 is 0.864 bits per heavy atom. The summed E-state index contributed by atoms with van der Waals surface area (Å²) in [7, 11) is 0. The molecule has 388 valence electrons. The molecule has 0 heterocycles. The highest BCUT2D eigenvalue weighted by molar-refractivity contribution is 5.71. The van der Waals surface area contributed by atoms with E-state index in [1.54, 1.807) is 0 Å². The highest BCUT2D eigenvalue weighted by atomic mass is 16.6. The maximum atomic E-state index is 12.9. The van der Waals surface area contributed by atoms with Crippen molar-refractivity contribution in [1.82, 2.24) is 0 Å². The molecule has 0 radical (unpaired) electrons. The van der Waals surface area contributed by atoms with Crippen LogP contribution in [-0.2, 0) is 28.6 Å². The van der Waals surface area contributed by atoms with E-state index in [1.807, 2.05) is 0 Å². The van der Waals surface area contributed by atoms with Crippen LogP contribution in [-0.4, -0.2) is 37.2 Å². The number of esters is 3. The molecule has 6 nitrogen and oxygen atoms in total. The van der Waals surface area contributed by atoms with Crippen LogP contribution < -0.4 is 0 Å². The van der Waals surface area contributed by atoms with Crippen LogP contribution in [0.25, 0.3) is 0 Å². The van der Waals surface area contributed by atoms with Crippen molar-refractivity contribution in [3.63, 3.8) is 0 Å². The van der Waals surface area contributed by atoms with Gasteiger partial charge in [0.2, 0.25) is 0 Å². The second-order valence-electron chi connectivity index (χ2n) is 19.9. The van der Waals surface area contributed by atoms with Gasteiger partial charge in [-0.3, -0.25) is 14.4 Å². The molecule has 0 aliphatic carbocycles. The van der Waals surface area contributed by atoms with Gasteiger partial charge in [0.15, 0.2) is 6.10 Å². The van der Waals surface area contributed by atoms with Crippen LogP contribution >= 0.6 is 0 Å². The van der Waals surface area contributed by atoms with Crippen LogP contribution in [0.1, 0.15) is 323 Å². The van der Waals surface area contributed by atoms with Crippen LogP contribution in [0.2, 0.25) is 0 Å². The quantitative estimate of drug-likeness (QED) is 0.0262. The molecule has 0 aliphatic heterocycles. The van der Waals surface area contributed by atoms with Gasteiger partial charge in [-0.15, -0.1) is 0 Å². The molecule has 6 heteroatoms. The second-order valence-corrected chi connectivity index (χ2v) is 19.9. The van der Waals surface area contributed by atoms with Crippen molar-refractivity contribution in [1.29, 1.82) is 0 Å². The Kier molecular flexibility index (Phi) is 53.7. The van der Waals surface area contributed by atoms with Gasteiger partial charge in [-0.25, -0.2) is 0 Å². The number of hydrogen-bond donors (Lipinski definition) is 0. The Hall–Kier alpha value is -2.11. The summed E-state index contributed by atoms with van der Waals surface area (Å²) in [5, 5.41) is 0. The fourth-order valence-corrected chi connectivity index (χ4v) is 8.77. The van der Waals surface area contributed by atoms with Gasteiger partial charge in [0.25, 0.3) is 0 Å². The molecule has 0 aromatic rings. The number of carbonyl (C=O) groups excluding carboxylic acids is 3. The first kappa shape index (κ1) is 63.9. The van der Waals surface area contributed by atoms with Crippen molar-refractivity contribution in [2.45, 2.75) is 329 Å². The van der Waals surface area contributed by atoms with Crippen molar-refractivity contribution in [3.05, 3.63) is 24.3 Å². The molecule has 0 saturated carbocycles. The van der Waals surface area contributed by atoms with E-state index >= 15 is 0 Å². The maximum Gasteiger partial charge on any atom is 0.306 e. The van der Waals surface area contributed by atoms with Crippen molar-refractivity contribution < 1.29 is 28.6 Å². The van der Waals surface area contributed by atoms with Crippen molar-refractivity contribution in [2.24, 2.45) is 0 Å². The molecule has 0 amide bonds. The molecule has 0 saturated heterocycles. The average Bonchev–Trinajstić information content (AvgIpc) is 3.31. The lowest BCUT2D eigenvalue weighted by Gasteiger charge is -2.18. The number of hydrogen-bond acceptors (Lipinski definition) is 6. The van der Waals surface area contributed by atoms with E-state index in [9.17, 15) is 14.4 Å². The van der Waals surface area contributed by atoms with Crippen LogP contribution in [0.3, 0.4) is 0 Å². The van der Waals surface area contributed by atoms with E-state index in [4.69, 9.17) is 14.2 Å². The zero-order valence-electron chi connectivity index (χ0n) is 44.5. The van der Waals surface area contributed by atoms with Gasteiger partial charge in [0.05, 0.1) is 0 Å². The van der Waals surface area contributed by atoms with E-state index in [0.717, 1.165) is 64.2 Å². The molecule has 0 aliphatic rings. The number of allylic oxidation sites excluding steroid dienone is 4. The first-order valence-electron chi connectivity index (χ1n) is 29.3. The summed E-state index contributed by atoms with van der Waals surface area (Å²) in [6, 6.07) is 0. The number of ether oxygens (including phenoxy) is 3. The largest absolute Gasteiger partial charge is 0.462 e. The number of carbonyl (C=O) groups is 3. The van der Waals surface area contributed by atoms with E-state index in [-0.39, 0.29) is 31.1 Å². The topological polar surface area (TPSA) is 78.9 Å². The fourth-order valence-electron chi connectivity index (χ4n) is 8.77. The third kappa shape index (κ3) is 52.9. The van der Waals surface area contributed by atoms with E-state index in [0.29, 0.717) is 19.3 Å². The lowest BCUT2D eigenvalue weighted by atomic mass is 10.0. The minimum Gasteiger partial charge on any atom is -0.462 e. The zero-order valence-corrected chi connectivity index (χ0v) is 44.5. The Morgan fingerprint density at radius 1 is 0.303 bits per heavy atom. The fraction of sp³-hybridized carbons (Fsp3) is 0.883. The summed E-state index contributed by atoms with van der Waals surface area (Å²) in [5.74, 6) is -0.849. The highest BCUT2D eigenvalue weighted by Gasteiger charge is 2.19. The van der Waals surface area contributed by atoms with Crippen LogP contribution in [0.4, 0.5) is 0 Å². The molecule has 0 rings (SSSR count). The third-order valence-corrected chi connectivity index (χ3v) is 13.2. The highest BCUT2D eigenvalue weighted by Crippen LogP contribution is 2.17. The zero-order chi connectivity index (χ0) is 47.9. The summed E-state index contributed by atoms with van der Waals surface area (Å²) in [6.07, 6.45) is 64.5. The van der Waals surface area contributed by atoms with Crippen LogP contribution in [0.5, 0.6) is 0 Å². The monoisotopic (exact) mass is 929 g/mol. The Labute approximate surface area is 411 Å². The van der Waals surface area contributed by atoms with Crippen molar-refractivity contribution in [3.8, 4) is 0 Å². The number of unbranched alkanes of at least 4 members (excludes halogenated alkanes) is 39. The summed E-state index contributed by atoms with van der Waals surface area (Å²) >= 11 is 0. The molecule has 1 atom stereocenters. The molecule has 0 spiro atoms. The maximum absolute atomic E-state index is 12.9. The number of rotatable bonds is 54. The van der Waals surface area contributed by atoms with Gasteiger partial charge in [-0.05, 0) is 51.4 Å². The molecule has 1 unspecified atom stereocenters. The first-order chi connectivity index (χ1) is 32.5. The lowest BCUT2D eigenvalue weighted by Crippen LogP contribution is -2.30. The van der Waals surface area contributed by atoms with Gasteiger partial charge < -0.3 is 14.2 Å². The summed E-state index contributed by atoms with van der Waals surface area (Å²) in [4.78, 5) is 38.1. The molecule has 0 bridgehead atoms. The first-order valence-corrected chi connectivity index (χ1v) is 29.3. The Bertz CT molecular complexity index is 1070. The van der Waals surface area contributed by atoms with E-state index in [2.05, 4.69) is 45.1 Å². The summed E-state index contributed by atoms with van der Waals surface area (Å²) < 4.78 is 16.9. The molecule has 66 heavy (non-hydrogen) atoms. The van der Waals surface area contributed by atoms with Gasteiger partial charge in [-0.2, -0.15) is 0 Å². The predicted octanol–water partition coefficient (Wildman–Crippen LogP) is 19.5. The van der Waals surface area contributed by atoms with E-state index in [1.165, 1.54) is 218 Å². The van der Waals surface area contributed by atoms with Crippen LogP contribution in [0.15, 0.2) is 24.3 Å². The normalized spacial score (nSPS) is 12.1. The average molecular weight is 930 g/mol. The molecular formula is C60H112O6. The molecule has 0 N–H and O–H groups in total. The smallest absolute Gasteiger partial charge is 0.306 e. The standard InChI is InChI=1S/C60H112O6/c1-4-7-10-13-16-19-22-25-27-29-30-32-33-35-38-41-44-47-50-53-59(62)65-56-57(55-64-58(61)52-49-46-43-40-37-24-21-18-15-12-9-6-3)66-60(63)54-51-48-45-42-39-36-34-31-28-26-23-20-17-14-11-8-5-2/h16,19,25,27,57H,4-15,17-18,20-24,26,28-56H2,1-3H3/b19-16-,27-25-. The SMILES string of the molecule is CCCCC/C=C\C/C=C\CCCCCCCCCCCC(=O)OCC(COC(=O)CCCCCCCCCCCCCC)OC(=O)CCCCCCCCCCCCCCCCCCC. The molecule has 0 aromatic carbocycles. The van der Waals surface area contributed by atoms with Gasteiger partial charge in [0, 0.05) is 19.3 Å². The van der Waals surface area contributed by atoms with Gasteiger partial charge in [-0.1, -0.05) is 276 Å². The van der Waals surface area contributed by atoms with Gasteiger partial charge in [0.1, 0.15) is 13.2 Å². The Balaban J connectivity index is 4.30. The van der Waals surface area contributed by atoms with Gasteiger partial charge >= 0.3 is 17.9 Å². The molecule has 0 fully saturated rings. The molecule has 0 aromatic heterocycles. The minimum absolute atomic E-state index is 0.0668. The Morgan fingerprint density at radius 2 is 0.545 bits per heavy atom. The lowest BCUT2D eigenvalue weighted by molar-refractivity contribution is -0.167.